The molecule has 0 bridgehead atoms. The molecule has 0 spiro atoms. The van der Waals surface area contributed by atoms with E-state index in [4.69, 9.17) is 14.2 Å². The molecule has 3 atom stereocenters. The molecule has 6 nitrogen and oxygen atoms in total. The summed E-state index contributed by atoms with van der Waals surface area (Å²) in [5, 5.41) is 9.94. The first kappa shape index (κ1) is 25.7. The second kappa shape index (κ2) is 12.4. The predicted octanol–water partition coefficient (Wildman–Crippen LogP) is 5.63. The molecule has 2 aliphatic heterocycles. The average Bonchev–Trinajstić information content (AvgIpc) is 3.22. The fraction of sp³-hybridized carbons (Fsp3) is 0.538. The summed E-state index contributed by atoms with van der Waals surface area (Å²) in [7, 11) is 1.52. The van der Waals surface area contributed by atoms with Crippen LogP contribution in [0, 0.1) is 5.92 Å². The lowest BCUT2D eigenvalue weighted by atomic mass is 10.0. The molecule has 0 fully saturated rings. The van der Waals surface area contributed by atoms with Gasteiger partial charge in [-0.3, -0.25) is 0 Å². The van der Waals surface area contributed by atoms with E-state index in [1.165, 1.54) is 12.7 Å². The van der Waals surface area contributed by atoms with Gasteiger partial charge in [-0.2, -0.15) is 0 Å². The summed E-state index contributed by atoms with van der Waals surface area (Å²) in [5.74, 6) is -0.211. The van der Waals surface area contributed by atoms with Crippen molar-refractivity contribution >= 4 is 11.9 Å². The lowest BCUT2D eigenvalue weighted by Gasteiger charge is -2.11. The van der Waals surface area contributed by atoms with E-state index < -0.39 is 18.4 Å². The molecule has 0 aliphatic carbocycles. The minimum absolute atomic E-state index is 0.0558. The first-order valence-electron chi connectivity index (χ1n) is 11.3. The van der Waals surface area contributed by atoms with Crippen molar-refractivity contribution in [1.29, 1.82) is 0 Å². The lowest BCUT2D eigenvalue weighted by molar-refractivity contribution is -0.155. The quantitative estimate of drug-likeness (QED) is 0.239. The van der Waals surface area contributed by atoms with Gasteiger partial charge in [0, 0.05) is 19.1 Å². The van der Waals surface area contributed by atoms with Gasteiger partial charge < -0.3 is 19.3 Å². The van der Waals surface area contributed by atoms with Gasteiger partial charge in [0.25, 0.3) is 0 Å². The van der Waals surface area contributed by atoms with Crippen molar-refractivity contribution in [1.82, 2.24) is 0 Å². The van der Waals surface area contributed by atoms with Crippen LogP contribution in [-0.4, -0.2) is 36.5 Å². The number of ether oxygens (including phenoxy) is 3. The van der Waals surface area contributed by atoms with Crippen LogP contribution in [0.15, 0.2) is 58.4 Å². The molecule has 0 aromatic carbocycles. The van der Waals surface area contributed by atoms with Crippen molar-refractivity contribution in [3.05, 3.63) is 58.4 Å². The maximum absolute atomic E-state index is 11.7. The van der Waals surface area contributed by atoms with Crippen LogP contribution in [0.4, 0.5) is 0 Å². The Hall–Kier alpha value is -2.60. The fourth-order valence-electron chi connectivity index (χ4n) is 3.62. The van der Waals surface area contributed by atoms with Crippen LogP contribution in [0.3, 0.4) is 0 Å². The summed E-state index contributed by atoms with van der Waals surface area (Å²) in [6.07, 6.45) is 14.2. The van der Waals surface area contributed by atoms with E-state index in [9.17, 15) is 14.7 Å². The van der Waals surface area contributed by atoms with Crippen LogP contribution < -0.4 is 0 Å². The van der Waals surface area contributed by atoms with E-state index in [1.807, 2.05) is 6.92 Å². The fourth-order valence-corrected chi connectivity index (χ4v) is 3.62. The van der Waals surface area contributed by atoms with E-state index in [0.29, 0.717) is 29.9 Å². The largest absolute Gasteiger partial charge is 0.508 e. The van der Waals surface area contributed by atoms with Gasteiger partial charge in [0.1, 0.15) is 5.76 Å². The van der Waals surface area contributed by atoms with E-state index in [2.05, 4.69) is 38.2 Å². The number of esters is 2. The molecule has 0 aromatic heterocycles. The molecular weight excluding hydrogens is 408 g/mol. The Bertz CT molecular complexity index is 842. The summed E-state index contributed by atoms with van der Waals surface area (Å²) in [5.41, 5.74) is 3.38. The van der Waals surface area contributed by atoms with E-state index >= 15 is 0 Å². The van der Waals surface area contributed by atoms with Crippen molar-refractivity contribution < 1.29 is 28.9 Å². The second-order valence-electron chi connectivity index (χ2n) is 8.67. The Balaban J connectivity index is 1.66. The molecule has 0 saturated carbocycles. The highest BCUT2D eigenvalue weighted by Gasteiger charge is 2.31. The summed E-state index contributed by atoms with van der Waals surface area (Å²) < 4.78 is 15.3. The lowest BCUT2D eigenvalue weighted by Crippen LogP contribution is -2.12. The number of aliphatic hydroxyl groups excluding tert-OH is 1. The number of cyclic esters (lactones) is 2. The number of aliphatic hydroxyl groups is 1. The summed E-state index contributed by atoms with van der Waals surface area (Å²) in [6, 6.07) is 0. The summed E-state index contributed by atoms with van der Waals surface area (Å²) >= 11 is 0. The van der Waals surface area contributed by atoms with E-state index in [0.717, 1.165) is 31.3 Å². The monoisotopic (exact) mass is 444 g/mol. The van der Waals surface area contributed by atoms with Crippen LogP contribution >= 0.6 is 0 Å². The van der Waals surface area contributed by atoms with Crippen LogP contribution in [0.2, 0.25) is 0 Å². The third kappa shape index (κ3) is 7.83. The zero-order valence-electron chi connectivity index (χ0n) is 19.8. The Morgan fingerprint density at radius 2 is 1.97 bits per heavy atom. The first-order valence-corrected chi connectivity index (χ1v) is 11.3. The highest BCUT2D eigenvalue weighted by atomic mass is 16.7. The Morgan fingerprint density at radius 1 is 1.22 bits per heavy atom. The third-order valence-corrected chi connectivity index (χ3v) is 5.76. The topological polar surface area (TPSA) is 82.1 Å². The van der Waals surface area contributed by atoms with Gasteiger partial charge in [-0.1, -0.05) is 42.4 Å². The van der Waals surface area contributed by atoms with Gasteiger partial charge in [0.05, 0.1) is 5.57 Å². The van der Waals surface area contributed by atoms with Crippen molar-refractivity contribution in [2.75, 3.05) is 7.11 Å². The number of allylic oxidation sites excluding steroid dienone is 5. The molecule has 2 rings (SSSR count). The molecular formula is C26H36O6. The molecule has 6 heteroatoms. The molecule has 0 aromatic rings. The van der Waals surface area contributed by atoms with Crippen molar-refractivity contribution in [2.45, 2.75) is 78.6 Å². The number of carbonyl (C=O) groups excluding carboxylic acids is 2. The summed E-state index contributed by atoms with van der Waals surface area (Å²) in [6.45, 7) is 7.87. The minimum Gasteiger partial charge on any atom is -0.508 e. The van der Waals surface area contributed by atoms with Crippen LogP contribution in [0.1, 0.15) is 66.2 Å². The molecule has 32 heavy (non-hydrogen) atoms. The van der Waals surface area contributed by atoms with Gasteiger partial charge in [0.2, 0.25) is 6.29 Å². The maximum atomic E-state index is 11.7. The molecule has 0 amide bonds. The summed E-state index contributed by atoms with van der Waals surface area (Å²) in [4.78, 5) is 23.2. The van der Waals surface area contributed by atoms with Crippen molar-refractivity contribution in [3.63, 3.8) is 0 Å². The number of hydrogen-bond acceptors (Lipinski definition) is 6. The van der Waals surface area contributed by atoms with E-state index in [-0.39, 0.29) is 11.7 Å². The van der Waals surface area contributed by atoms with Gasteiger partial charge in [-0.05, 0) is 64.9 Å². The Labute approximate surface area is 191 Å². The molecule has 1 N–H and O–H groups in total. The molecule has 0 radical (unpaired) electrons. The predicted molar refractivity (Wildman–Crippen MR) is 124 cm³/mol. The number of carbonyl (C=O) groups is 2. The number of hydrogen-bond donors (Lipinski definition) is 1. The number of rotatable bonds is 12. The van der Waals surface area contributed by atoms with Crippen LogP contribution in [-0.2, 0) is 23.8 Å². The highest BCUT2D eigenvalue weighted by Crippen LogP contribution is 2.25. The minimum atomic E-state index is -0.541. The zero-order chi connectivity index (χ0) is 23.7. The molecule has 176 valence electrons. The normalized spacial score (nSPS) is 23.1. The zero-order valence-corrected chi connectivity index (χ0v) is 19.8. The standard InChI is InChI=1S/C26H36O6/c1-17(11-7-13-19(3)15-22-24(27)20(4)25(28)31-22)9-6-10-18(2)12-8-14-21-16-23(30-5)32-26(21)29/h6,9-10,13,16-17,22-23,27H,7-8,11-12,14-15H2,1-5H3/b9-6+,18-10+,19-13-/t17-,22-,23-/m1/s1. The van der Waals surface area contributed by atoms with Gasteiger partial charge in [0.15, 0.2) is 6.10 Å². The van der Waals surface area contributed by atoms with Gasteiger partial charge in [-0.25, -0.2) is 9.59 Å². The molecule has 2 heterocycles. The van der Waals surface area contributed by atoms with Crippen LogP contribution in [0.5, 0.6) is 0 Å². The van der Waals surface area contributed by atoms with Crippen molar-refractivity contribution in [3.8, 4) is 0 Å². The highest BCUT2D eigenvalue weighted by molar-refractivity contribution is 5.91. The maximum Gasteiger partial charge on any atom is 0.338 e. The van der Waals surface area contributed by atoms with Gasteiger partial charge >= 0.3 is 11.9 Å². The second-order valence-corrected chi connectivity index (χ2v) is 8.67. The Kier molecular flexibility index (Phi) is 9.97. The Morgan fingerprint density at radius 3 is 2.59 bits per heavy atom. The molecule has 0 saturated heterocycles. The SMILES string of the molecule is CO[C@H]1C=C(CCC/C(C)=C/C=C/[C@@H](C)CC/C=C(/C)C[C@H]2OC(=O)C(C)=C2O)C(=O)O1. The first-order chi connectivity index (χ1) is 15.2. The van der Waals surface area contributed by atoms with Crippen molar-refractivity contribution in [2.24, 2.45) is 5.92 Å². The van der Waals surface area contributed by atoms with E-state index in [1.54, 1.807) is 13.0 Å². The molecule has 0 unspecified atom stereocenters. The number of methoxy groups -OCH3 is 1. The smallest absolute Gasteiger partial charge is 0.338 e. The third-order valence-electron chi connectivity index (χ3n) is 5.76. The average molecular weight is 445 g/mol. The molecule has 2 aliphatic rings. The van der Waals surface area contributed by atoms with Crippen LogP contribution in [0.25, 0.3) is 0 Å². The van der Waals surface area contributed by atoms with Gasteiger partial charge in [-0.15, -0.1) is 0 Å².